The molecule has 2 amide bonds. The first kappa shape index (κ1) is 20.7. The zero-order chi connectivity index (χ0) is 20.5. The zero-order valence-electron chi connectivity index (χ0n) is 15.6. The molecule has 9 heteroatoms. The van der Waals surface area contributed by atoms with Crippen molar-refractivity contribution in [1.82, 2.24) is 10.6 Å². The molecule has 2 N–H and O–H groups in total. The van der Waals surface area contributed by atoms with Gasteiger partial charge < -0.3 is 20.1 Å². The number of nitro groups is 1. The van der Waals surface area contributed by atoms with Crippen molar-refractivity contribution in [2.45, 2.75) is 13.5 Å². The molecule has 0 aliphatic rings. The van der Waals surface area contributed by atoms with Crippen molar-refractivity contribution < 1.29 is 24.0 Å². The average molecular weight is 387 g/mol. The predicted octanol–water partition coefficient (Wildman–Crippen LogP) is 2.05. The van der Waals surface area contributed by atoms with E-state index in [1.165, 1.54) is 25.3 Å². The number of amides is 2. The van der Waals surface area contributed by atoms with Gasteiger partial charge in [0.1, 0.15) is 0 Å². The molecular formula is C19H21N3O6. The van der Waals surface area contributed by atoms with Crippen LogP contribution in [0.2, 0.25) is 0 Å². The van der Waals surface area contributed by atoms with Crippen LogP contribution in [0, 0.1) is 10.1 Å². The molecule has 0 aromatic heterocycles. The standard InChI is InChI=1S/C19H21N3O6/c1-3-28-16-8-7-13(9-17(16)27-2)11-20-18(23)12-21-19(24)14-5-4-6-15(10-14)22(25)26/h4-10H,3,11-12H2,1-2H3,(H,20,23)(H,21,24). The summed E-state index contributed by atoms with van der Waals surface area (Å²) in [4.78, 5) is 34.2. The van der Waals surface area contributed by atoms with Gasteiger partial charge in [0.25, 0.3) is 11.6 Å². The van der Waals surface area contributed by atoms with E-state index in [1.807, 2.05) is 6.92 Å². The second kappa shape index (κ2) is 9.91. The number of ether oxygens (including phenoxy) is 2. The van der Waals surface area contributed by atoms with Gasteiger partial charge in [-0.2, -0.15) is 0 Å². The fourth-order valence-electron chi connectivity index (χ4n) is 2.38. The molecule has 2 aromatic carbocycles. The van der Waals surface area contributed by atoms with Crippen molar-refractivity contribution in [3.8, 4) is 11.5 Å². The number of nitrogens with zero attached hydrogens (tertiary/aromatic N) is 1. The normalized spacial score (nSPS) is 10.1. The molecule has 0 fully saturated rings. The summed E-state index contributed by atoms with van der Waals surface area (Å²) in [5.41, 5.74) is 0.721. The molecule has 0 saturated carbocycles. The van der Waals surface area contributed by atoms with Gasteiger partial charge in [-0.05, 0) is 30.7 Å². The van der Waals surface area contributed by atoms with Crippen molar-refractivity contribution in [3.05, 3.63) is 63.7 Å². The minimum absolute atomic E-state index is 0.109. The fourth-order valence-corrected chi connectivity index (χ4v) is 2.38. The molecule has 9 nitrogen and oxygen atoms in total. The summed E-state index contributed by atoms with van der Waals surface area (Å²) in [5.74, 6) is 0.213. The molecule has 148 valence electrons. The van der Waals surface area contributed by atoms with E-state index in [4.69, 9.17) is 9.47 Å². The topological polar surface area (TPSA) is 120 Å². The maximum Gasteiger partial charge on any atom is 0.270 e. The SMILES string of the molecule is CCOc1ccc(CNC(=O)CNC(=O)c2cccc([N+](=O)[O-])c2)cc1OC. The van der Waals surface area contributed by atoms with Crippen LogP contribution in [0.25, 0.3) is 0 Å². The number of methoxy groups -OCH3 is 1. The molecule has 0 heterocycles. The molecule has 0 aliphatic heterocycles. The lowest BCUT2D eigenvalue weighted by molar-refractivity contribution is -0.384. The Kier molecular flexibility index (Phi) is 7.32. The molecule has 0 radical (unpaired) electrons. The van der Waals surface area contributed by atoms with Crippen LogP contribution in [0.3, 0.4) is 0 Å². The highest BCUT2D eigenvalue weighted by Crippen LogP contribution is 2.27. The van der Waals surface area contributed by atoms with Gasteiger partial charge in [0, 0.05) is 24.2 Å². The van der Waals surface area contributed by atoms with Gasteiger partial charge in [-0.3, -0.25) is 19.7 Å². The van der Waals surface area contributed by atoms with Crippen LogP contribution in [-0.2, 0) is 11.3 Å². The summed E-state index contributed by atoms with van der Waals surface area (Å²) in [7, 11) is 1.53. The zero-order valence-corrected chi connectivity index (χ0v) is 15.6. The maximum atomic E-state index is 12.0. The number of rotatable bonds is 9. The number of carbonyl (C=O) groups excluding carboxylic acids is 2. The van der Waals surface area contributed by atoms with Crippen LogP contribution in [0.15, 0.2) is 42.5 Å². The summed E-state index contributed by atoms with van der Waals surface area (Å²) in [5, 5.41) is 15.9. The largest absolute Gasteiger partial charge is 0.493 e. The number of carbonyl (C=O) groups is 2. The lowest BCUT2D eigenvalue weighted by Gasteiger charge is -2.12. The van der Waals surface area contributed by atoms with Gasteiger partial charge in [0.15, 0.2) is 11.5 Å². The Labute approximate surface area is 161 Å². The lowest BCUT2D eigenvalue weighted by Crippen LogP contribution is -2.36. The monoisotopic (exact) mass is 387 g/mol. The van der Waals surface area contributed by atoms with Gasteiger partial charge in [0.05, 0.1) is 25.2 Å². The van der Waals surface area contributed by atoms with Gasteiger partial charge in [-0.25, -0.2) is 0 Å². The minimum Gasteiger partial charge on any atom is -0.493 e. The Morgan fingerprint density at radius 2 is 1.89 bits per heavy atom. The van der Waals surface area contributed by atoms with Crippen molar-refractivity contribution in [3.63, 3.8) is 0 Å². The fraction of sp³-hybridized carbons (Fsp3) is 0.263. The Bertz CT molecular complexity index is 868. The molecule has 0 aliphatic carbocycles. The van der Waals surface area contributed by atoms with E-state index in [9.17, 15) is 19.7 Å². The van der Waals surface area contributed by atoms with Crippen LogP contribution in [0.5, 0.6) is 11.5 Å². The number of hydrogen-bond acceptors (Lipinski definition) is 6. The highest BCUT2D eigenvalue weighted by atomic mass is 16.6. The first-order chi connectivity index (χ1) is 13.4. The first-order valence-corrected chi connectivity index (χ1v) is 8.53. The molecule has 0 bridgehead atoms. The van der Waals surface area contributed by atoms with Crippen LogP contribution in [0.1, 0.15) is 22.8 Å². The number of nitrogens with one attached hydrogen (secondary N) is 2. The van der Waals surface area contributed by atoms with Gasteiger partial charge >= 0.3 is 0 Å². The smallest absolute Gasteiger partial charge is 0.270 e. The van der Waals surface area contributed by atoms with Crippen molar-refractivity contribution >= 4 is 17.5 Å². The van der Waals surface area contributed by atoms with E-state index in [1.54, 1.807) is 18.2 Å². The van der Waals surface area contributed by atoms with Crippen LogP contribution >= 0.6 is 0 Å². The lowest BCUT2D eigenvalue weighted by atomic mass is 10.2. The Hall–Kier alpha value is -3.62. The molecule has 0 unspecified atom stereocenters. The quantitative estimate of drug-likeness (QED) is 0.502. The number of nitro benzene ring substituents is 1. The van der Waals surface area contributed by atoms with Gasteiger partial charge in [0.2, 0.25) is 5.91 Å². The highest BCUT2D eigenvalue weighted by Gasteiger charge is 2.12. The molecule has 28 heavy (non-hydrogen) atoms. The second-order valence-corrected chi connectivity index (χ2v) is 5.69. The average Bonchev–Trinajstić information content (AvgIpc) is 2.71. The van der Waals surface area contributed by atoms with E-state index in [2.05, 4.69) is 10.6 Å². The van der Waals surface area contributed by atoms with Gasteiger partial charge in [-0.1, -0.05) is 12.1 Å². The molecule has 0 spiro atoms. The minimum atomic E-state index is -0.589. The first-order valence-electron chi connectivity index (χ1n) is 8.53. The summed E-state index contributed by atoms with van der Waals surface area (Å²) < 4.78 is 10.7. The highest BCUT2D eigenvalue weighted by molar-refractivity contribution is 5.96. The summed E-state index contributed by atoms with van der Waals surface area (Å²) in [6.07, 6.45) is 0. The Morgan fingerprint density at radius 3 is 2.57 bits per heavy atom. The molecule has 0 saturated heterocycles. The van der Waals surface area contributed by atoms with Crippen LogP contribution < -0.4 is 20.1 Å². The van der Waals surface area contributed by atoms with Crippen molar-refractivity contribution in [2.75, 3.05) is 20.3 Å². The molecular weight excluding hydrogens is 366 g/mol. The summed E-state index contributed by atoms with van der Waals surface area (Å²) in [6, 6.07) is 10.6. The van der Waals surface area contributed by atoms with E-state index in [0.717, 1.165) is 11.6 Å². The van der Waals surface area contributed by atoms with E-state index < -0.39 is 16.7 Å². The second-order valence-electron chi connectivity index (χ2n) is 5.69. The predicted molar refractivity (Wildman–Crippen MR) is 101 cm³/mol. The van der Waals surface area contributed by atoms with Crippen LogP contribution in [-0.4, -0.2) is 37.0 Å². The van der Waals surface area contributed by atoms with E-state index in [0.29, 0.717) is 18.1 Å². The number of benzene rings is 2. The Balaban J connectivity index is 1.86. The van der Waals surface area contributed by atoms with Gasteiger partial charge in [-0.15, -0.1) is 0 Å². The maximum absolute atomic E-state index is 12.0. The van der Waals surface area contributed by atoms with Crippen molar-refractivity contribution in [1.29, 1.82) is 0 Å². The molecule has 2 aromatic rings. The summed E-state index contributed by atoms with van der Waals surface area (Å²) >= 11 is 0. The third-order valence-electron chi connectivity index (χ3n) is 3.75. The number of hydrogen-bond donors (Lipinski definition) is 2. The third kappa shape index (κ3) is 5.70. The molecule has 0 atom stereocenters. The van der Waals surface area contributed by atoms with E-state index >= 15 is 0 Å². The summed E-state index contributed by atoms with van der Waals surface area (Å²) in [6.45, 7) is 2.37. The molecule has 2 rings (SSSR count). The van der Waals surface area contributed by atoms with E-state index in [-0.39, 0.29) is 24.3 Å². The number of non-ortho nitro benzene ring substituents is 1. The Morgan fingerprint density at radius 1 is 1.11 bits per heavy atom. The third-order valence-corrected chi connectivity index (χ3v) is 3.75. The van der Waals surface area contributed by atoms with Crippen molar-refractivity contribution in [2.24, 2.45) is 0 Å². The van der Waals surface area contributed by atoms with Crippen LogP contribution in [0.4, 0.5) is 5.69 Å².